The normalized spacial score (nSPS) is 12.1. The molecule has 0 aliphatic heterocycles. The molecule has 0 bridgehead atoms. The zero-order valence-corrected chi connectivity index (χ0v) is 9.97. The maximum atomic E-state index is 13.1. The monoisotopic (exact) mass is 265 g/mol. The Kier molecular flexibility index (Phi) is 4.95. The quantitative estimate of drug-likeness (QED) is 0.826. The highest BCUT2D eigenvalue weighted by Crippen LogP contribution is 2.20. The first-order chi connectivity index (χ1) is 8.31. The molecule has 0 amide bonds. The summed E-state index contributed by atoms with van der Waals surface area (Å²) < 4.78 is 50.0. The first-order valence-corrected chi connectivity index (χ1v) is 5.58. The summed E-state index contributed by atoms with van der Waals surface area (Å²) in [5.41, 5.74) is 0.406. The number of phenols is 1. The first-order valence-electron chi connectivity index (χ1n) is 5.58. The van der Waals surface area contributed by atoms with Crippen LogP contribution in [0.2, 0.25) is 0 Å². The van der Waals surface area contributed by atoms with Gasteiger partial charge in [0.15, 0.2) is 11.6 Å². The lowest BCUT2D eigenvalue weighted by Gasteiger charge is -2.23. The number of aromatic hydroxyl groups is 1. The number of hydrogen-bond acceptors (Lipinski definition) is 2. The average molecular weight is 265 g/mol. The molecule has 1 aromatic rings. The van der Waals surface area contributed by atoms with Crippen LogP contribution in [-0.2, 0) is 6.54 Å². The Morgan fingerprint density at radius 3 is 2.44 bits per heavy atom. The second kappa shape index (κ2) is 6.04. The van der Waals surface area contributed by atoms with Gasteiger partial charge in [0, 0.05) is 6.54 Å². The maximum absolute atomic E-state index is 13.1. The van der Waals surface area contributed by atoms with Gasteiger partial charge in [-0.1, -0.05) is 13.0 Å². The molecule has 102 valence electrons. The fourth-order valence-corrected chi connectivity index (χ4v) is 1.69. The van der Waals surface area contributed by atoms with Crippen LogP contribution in [0.15, 0.2) is 18.2 Å². The molecule has 0 atom stereocenters. The molecular weight excluding hydrogens is 250 g/mol. The van der Waals surface area contributed by atoms with E-state index < -0.39 is 24.3 Å². The molecule has 0 radical (unpaired) electrons. The Labute approximate surface area is 103 Å². The first kappa shape index (κ1) is 14.8. The number of rotatable bonds is 5. The standard InChI is InChI=1S/C12H15F4NO/c1-2-5-17(8-12(14,15)16)7-9-3-4-11(18)10(13)6-9/h3-4,6,18H,2,5,7-8H2,1H3. The van der Waals surface area contributed by atoms with E-state index in [1.165, 1.54) is 11.0 Å². The van der Waals surface area contributed by atoms with Gasteiger partial charge in [-0.25, -0.2) is 4.39 Å². The van der Waals surface area contributed by atoms with E-state index in [0.29, 0.717) is 12.0 Å². The van der Waals surface area contributed by atoms with Crippen molar-refractivity contribution in [2.45, 2.75) is 26.1 Å². The summed E-state index contributed by atoms with van der Waals surface area (Å²) in [5, 5.41) is 9.00. The van der Waals surface area contributed by atoms with Crippen molar-refractivity contribution in [3.05, 3.63) is 29.6 Å². The van der Waals surface area contributed by atoms with E-state index in [9.17, 15) is 17.6 Å². The fourth-order valence-electron chi connectivity index (χ4n) is 1.69. The Bertz CT molecular complexity index is 392. The van der Waals surface area contributed by atoms with Crippen LogP contribution in [0.4, 0.5) is 17.6 Å². The van der Waals surface area contributed by atoms with Crippen LogP contribution in [0.25, 0.3) is 0 Å². The van der Waals surface area contributed by atoms with Crippen molar-refractivity contribution in [3.8, 4) is 5.75 Å². The minimum atomic E-state index is -4.27. The van der Waals surface area contributed by atoms with Gasteiger partial charge in [0.2, 0.25) is 0 Å². The van der Waals surface area contributed by atoms with Crippen molar-refractivity contribution >= 4 is 0 Å². The Hall–Kier alpha value is -1.30. The number of hydrogen-bond donors (Lipinski definition) is 1. The molecule has 0 aliphatic rings. The summed E-state index contributed by atoms with van der Waals surface area (Å²) in [5.74, 6) is -1.33. The molecule has 0 aliphatic carbocycles. The van der Waals surface area contributed by atoms with Gasteiger partial charge in [0.05, 0.1) is 6.54 Å². The highest BCUT2D eigenvalue weighted by Gasteiger charge is 2.30. The van der Waals surface area contributed by atoms with Crippen LogP contribution in [-0.4, -0.2) is 29.3 Å². The van der Waals surface area contributed by atoms with Crippen molar-refractivity contribution in [2.24, 2.45) is 0 Å². The number of benzene rings is 1. The summed E-state index contributed by atoms with van der Waals surface area (Å²) in [6, 6.07) is 3.61. The van der Waals surface area contributed by atoms with Crippen molar-refractivity contribution in [1.29, 1.82) is 0 Å². The summed E-state index contributed by atoms with van der Waals surface area (Å²) in [6.45, 7) is 1.04. The van der Waals surface area contributed by atoms with E-state index in [1.54, 1.807) is 6.92 Å². The van der Waals surface area contributed by atoms with Crippen LogP contribution in [0.1, 0.15) is 18.9 Å². The zero-order valence-electron chi connectivity index (χ0n) is 9.97. The van der Waals surface area contributed by atoms with Crippen LogP contribution in [0.5, 0.6) is 5.75 Å². The van der Waals surface area contributed by atoms with Gasteiger partial charge < -0.3 is 5.11 Å². The van der Waals surface area contributed by atoms with Gasteiger partial charge in [0.1, 0.15) is 0 Å². The largest absolute Gasteiger partial charge is 0.505 e. The molecule has 0 saturated heterocycles. The van der Waals surface area contributed by atoms with Gasteiger partial charge in [-0.05, 0) is 30.7 Å². The summed E-state index contributed by atoms with van der Waals surface area (Å²) in [6.07, 6.45) is -3.69. The molecule has 18 heavy (non-hydrogen) atoms. The van der Waals surface area contributed by atoms with Crippen LogP contribution in [0.3, 0.4) is 0 Å². The van der Waals surface area contributed by atoms with Crippen molar-refractivity contribution in [2.75, 3.05) is 13.1 Å². The van der Waals surface area contributed by atoms with Gasteiger partial charge in [-0.15, -0.1) is 0 Å². The van der Waals surface area contributed by atoms with Crippen LogP contribution >= 0.6 is 0 Å². The molecule has 1 aromatic carbocycles. The SMILES string of the molecule is CCCN(Cc1ccc(O)c(F)c1)CC(F)(F)F. The fraction of sp³-hybridized carbons (Fsp3) is 0.500. The molecule has 1 N–H and O–H groups in total. The minimum Gasteiger partial charge on any atom is -0.505 e. The lowest BCUT2D eigenvalue weighted by atomic mass is 10.2. The number of halogens is 4. The lowest BCUT2D eigenvalue weighted by Crippen LogP contribution is -2.34. The topological polar surface area (TPSA) is 23.5 Å². The summed E-state index contributed by atoms with van der Waals surface area (Å²) in [7, 11) is 0. The Morgan fingerprint density at radius 1 is 1.28 bits per heavy atom. The number of nitrogens with zero attached hydrogens (tertiary/aromatic N) is 1. The van der Waals surface area contributed by atoms with Crippen molar-refractivity contribution < 1.29 is 22.7 Å². The summed E-state index contributed by atoms with van der Waals surface area (Å²) in [4.78, 5) is 1.20. The molecule has 2 nitrogen and oxygen atoms in total. The molecule has 0 spiro atoms. The van der Waals surface area contributed by atoms with E-state index in [4.69, 9.17) is 5.11 Å². The molecule has 1 rings (SSSR count). The molecule has 0 fully saturated rings. The predicted octanol–water partition coefficient (Wildman–Crippen LogP) is 3.31. The van der Waals surface area contributed by atoms with E-state index >= 15 is 0 Å². The Balaban J connectivity index is 2.73. The third-order valence-electron chi connectivity index (χ3n) is 2.36. The van der Waals surface area contributed by atoms with Gasteiger partial charge in [-0.2, -0.15) is 13.2 Å². The van der Waals surface area contributed by atoms with E-state index in [2.05, 4.69) is 0 Å². The van der Waals surface area contributed by atoms with Gasteiger partial charge in [0.25, 0.3) is 0 Å². The second-order valence-electron chi connectivity index (χ2n) is 4.11. The molecule has 6 heteroatoms. The van der Waals surface area contributed by atoms with Crippen LogP contribution < -0.4 is 0 Å². The lowest BCUT2D eigenvalue weighted by molar-refractivity contribution is -0.147. The minimum absolute atomic E-state index is 0.00451. The number of alkyl halides is 3. The van der Waals surface area contributed by atoms with Crippen LogP contribution in [0, 0.1) is 5.82 Å². The molecular formula is C12H15F4NO. The maximum Gasteiger partial charge on any atom is 0.401 e. The summed E-state index contributed by atoms with van der Waals surface area (Å²) >= 11 is 0. The van der Waals surface area contributed by atoms with E-state index in [0.717, 1.165) is 12.1 Å². The smallest absolute Gasteiger partial charge is 0.401 e. The predicted molar refractivity (Wildman–Crippen MR) is 59.7 cm³/mol. The van der Waals surface area contributed by atoms with Gasteiger partial charge >= 0.3 is 6.18 Å². The molecule has 0 saturated carbocycles. The second-order valence-corrected chi connectivity index (χ2v) is 4.11. The molecule has 0 unspecified atom stereocenters. The van der Waals surface area contributed by atoms with E-state index in [-0.39, 0.29) is 13.1 Å². The third kappa shape index (κ3) is 4.91. The zero-order chi connectivity index (χ0) is 13.8. The average Bonchev–Trinajstić information content (AvgIpc) is 2.21. The molecule has 0 heterocycles. The van der Waals surface area contributed by atoms with Crippen molar-refractivity contribution in [1.82, 2.24) is 4.90 Å². The van der Waals surface area contributed by atoms with Gasteiger partial charge in [-0.3, -0.25) is 4.90 Å². The highest BCUT2D eigenvalue weighted by atomic mass is 19.4. The highest BCUT2D eigenvalue weighted by molar-refractivity contribution is 5.27. The number of phenolic OH excluding ortho intramolecular Hbond substituents is 1. The van der Waals surface area contributed by atoms with Crippen molar-refractivity contribution in [3.63, 3.8) is 0 Å². The molecule has 0 aromatic heterocycles. The van der Waals surface area contributed by atoms with E-state index in [1.807, 2.05) is 0 Å². The third-order valence-corrected chi connectivity index (χ3v) is 2.36. The Morgan fingerprint density at radius 2 is 1.94 bits per heavy atom.